The molecule has 0 aromatic heterocycles. The Hall–Kier alpha value is -0.860. The van der Waals surface area contributed by atoms with E-state index in [0.29, 0.717) is 12.5 Å². The van der Waals surface area contributed by atoms with Crippen molar-refractivity contribution in [3.63, 3.8) is 0 Å². The van der Waals surface area contributed by atoms with Crippen molar-refractivity contribution in [3.8, 4) is 0 Å². The molecule has 2 unspecified atom stereocenters. The van der Waals surface area contributed by atoms with Crippen molar-refractivity contribution in [2.24, 2.45) is 5.92 Å². The molecule has 2 heteroatoms. The van der Waals surface area contributed by atoms with Gasteiger partial charge in [-0.3, -0.25) is 0 Å². The summed E-state index contributed by atoms with van der Waals surface area (Å²) in [4.78, 5) is 0. The summed E-state index contributed by atoms with van der Waals surface area (Å²) in [5.41, 5.74) is 1.26. The third-order valence-electron chi connectivity index (χ3n) is 2.93. The Bertz CT molecular complexity index is 273. The van der Waals surface area contributed by atoms with Gasteiger partial charge in [0.05, 0.1) is 6.10 Å². The monoisotopic (exact) mass is 221 g/mol. The van der Waals surface area contributed by atoms with Crippen LogP contribution in [0.2, 0.25) is 0 Å². The molecule has 0 aliphatic heterocycles. The van der Waals surface area contributed by atoms with Crippen LogP contribution in [0.25, 0.3) is 0 Å². The molecule has 1 rings (SSSR count). The van der Waals surface area contributed by atoms with Crippen molar-refractivity contribution in [2.75, 3.05) is 6.54 Å². The number of aliphatic hydroxyl groups is 1. The second-order valence-electron chi connectivity index (χ2n) is 4.45. The molecule has 0 saturated heterocycles. The normalized spacial score (nSPS) is 14.7. The van der Waals surface area contributed by atoms with Crippen LogP contribution in [0, 0.1) is 5.92 Å². The van der Waals surface area contributed by atoms with E-state index in [1.807, 2.05) is 18.2 Å². The molecular formula is C14H23NO. The van der Waals surface area contributed by atoms with Gasteiger partial charge in [-0.05, 0) is 17.9 Å². The highest BCUT2D eigenvalue weighted by molar-refractivity contribution is 5.14. The van der Waals surface area contributed by atoms with E-state index in [0.717, 1.165) is 19.4 Å². The number of hydrogen-bond donors (Lipinski definition) is 2. The molecule has 2 atom stereocenters. The van der Waals surface area contributed by atoms with Crippen LogP contribution in [0.3, 0.4) is 0 Å². The molecule has 2 N–H and O–H groups in total. The maximum absolute atomic E-state index is 9.86. The molecular weight excluding hydrogens is 198 g/mol. The first-order valence-corrected chi connectivity index (χ1v) is 6.16. The first-order chi connectivity index (χ1) is 7.74. The molecule has 0 saturated carbocycles. The van der Waals surface area contributed by atoms with Crippen LogP contribution < -0.4 is 5.32 Å². The average molecular weight is 221 g/mol. The van der Waals surface area contributed by atoms with Crippen LogP contribution >= 0.6 is 0 Å². The fourth-order valence-electron chi connectivity index (χ4n) is 1.81. The number of aliphatic hydroxyl groups excluding tert-OH is 1. The molecule has 0 bridgehead atoms. The van der Waals surface area contributed by atoms with E-state index in [2.05, 4.69) is 31.3 Å². The summed E-state index contributed by atoms with van der Waals surface area (Å²) in [6.07, 6.45) is 1.99. The van der Waals surface area contributed by atoms with Crippen molar-refractivity contribution in [2.45, 2.75) is 39.3 Å². The molecule has 2 nitrogen and oxygen atoms in total. The molecule has 16 heavy (non-hydrogen) atoms. The Morgan fingerprint density at radius 3 is 2.56 bits per heavy atom. The molecule has 0 spiro atoms. The van der Waals surface area contributed by atoms with E-state index in [-0.39, 0.29) is 6.10 Å². The van der Waals surface area contributed by atoms with Crippen LogP contribution in [0.5, 0.6) is 0 Å². The van der Waals surface area contributed by atoms with Crippen LogP contribution in [0.1, 0.15) is 32.3 Å². The van der Waals surface area contributed by atoms with Gasteiger partial charge in [-0.15, -0.1) is 0 Å². The first kappa shape index (κ1) is 13.2. The van der Waals surface area contributed by atoms with Crippen molar-refractivity contribution >= 4 is 0 Å². The smallest absolute Gasteiger partial charge is 0.0690 e. The Morgan fingerprint density at radius 1 is 1.25 bits per heavy atom. The lowest BCUT2D eigenvalue weighted by atomic mass is 9.99. The Morgan fingerprint density at radius 2 is 1.94 bits per heavy atom. The van der Waals surface area contributed by atoms with Gasteiger partial charge in [0.25, 0.3) is 0 Å². The molecule has 90 valence electrons. The van der Waals surface area contributed by atoms with Gasteiger partial charge < -0.3 is 10.4 Å². The standard InChI is InChI=1S/C14H23NO/c1-3-7-12(2)14(16)11-15-10-13-8-5-4-6-9-13/h4-6,8-9,12,14-16H,3,7,10-11H2,1-2H3. The zero-order chi connectivity index (χ0) is 11.8. The molecule has 0 aliphatic carbocycles. The maximum Gasteiger partial charge on any atom is 0.0690 e. The van der Waals surface area contributed by atoms with Gasteiger partial charge in [-0.1, -0.05) is 50.6 Å². The highest BCUT2D eigenvalue weighted by Gasteiger charge is 2.12. The average Bonchev–Trinajstić information content (AvgIpc) is 2.30. The minimum absolute atomic E-state index is 0.233. The van der Waals surface area contributed by atoms with Crippen molar-refractivity contribution in [1.82, 2.24) is 5.32 Å². The van der Waals surface area contributed by atoms with E-state index < -0.39 is 0 Å². The summed E-state index contributed by atoms with van der Waals surface area (Å²) < 4.78 is 0. The van der Waals surface area contributed by atoms with Crippen LogP contribution in [-0.4, -0.2) is 17.8 Å². The third-order valence-corrected chi connectivity index (χ3v) is 2.93. The van der Waals surface area contributed by atoms with Gasteiger partial charge in [-0.25, -0.2) is 0 Å². The van der Waals surface area contributed by atoms with Crippen LogP contribution in [0.4, 0.5) is 0 Å². The molecule has 0 aliphatic rings. The highest BCUT2D eigenvalue weighted by Crippen LogP contribution is 2.09. The van der Waals surface area contributed by atoms with Gasteiger partial charge >= 0.3 is 0 Å². The Labute approximate surface area is 98.7 Å². The molecule has 0 amide bonds. The number of benzene rings is 1. The zero-order valence-corrected chi connectivity index (χ0v) is 10.3. The second kappa shape index (κ2) is 7.42. The molecule has 0 fully saturated rings. The lowest BCUT2D eigenvalue weighted by Gasteiger charge is -2.18. The summed E-state index contributed by atoms with van der Waals surface area (Å²) in [5.74, 6) is 0.383. The summed E-state index contributed by atoms with van der Waals surface area (Å²) in [5, 5.41) is 13.2. The van der Waals surface area contributed by atoms with Gasteiger partial charge in [0, 0.05) is 13.1 Å². The quantitative estimate of drug-likeness (QED) is 0.741. The Balaban J connectivity index is 2.20. The summed E-state index contributed by atoms with van der Waals surface area (Å²) >= 11 is 0. The fraction of sp³-hybridized carbons (Fsp3) is 0.571. The number of hydrogen-bond acceptors (Lipinski definition) is 2. The lowest BCUT2D eigenvalue weighted by molar-refractivity contribution is 0.110. The summed E-state index contributed by atoms with van der Waals surface area (Å²) in [7, 11) is 0. The zero-order valence-electron chi connectivity index (χ0n) is 10.3. The largest absolute Gasteiger partial charge is 0.392 e. The second-order valence-corrected chi connectivity index (χ2v) is 4.45. The first-order valence-electron chi connectivity index (χ1n) is 6.16. The van der Waals surface area contributed by atoms with Crippen LogP contribution in [0.15, 0.2) is 30.3 Å². The summed E-state index contributed by atoms with van der Waals surface area (Å²) in [6.45, 7) is 5.77. The minimum atomic E-state index is -0.233. The predicted octanol–water partition coefficient (Wildman–Crippen LogP) is 2.57. The van der Waals surface area contributed by atoms with Gasteiger partial charge in [0.15, 0.2) is 0 Å². The fourth-order valence-corrected chi connectivity index (χ4v) is 1.81. The minimum Gasteiger partial charge on any atom is -0.392 e. The highest BCUT2D eigenvalue weighted by atomic mass is 16.3. The van der Waals surface area contributed by atoms with Crippen molar-refractivity contribution in [1.29, 1.82) is 0 Å². The molecule has 0 heterocycles. The topological polar surface area (TPSA) is 32.3 Å². The van der Waals surface area contributed by atoms with E-state index in [9.17, 15) is 5.11 Å². The van der Waals surface area contributed by atoms with E-state index >= 15 is 0 Å². The van der Waals surface area contributed by atoms with E-state index in [1.54, 1.807) is 0 Å². The van der Waals surface area contributed by atoms with Gasteiger partial charge in [-0.2, -0.15) is 0 Å². The number of nitrogens with one attached hydrogen (secondary N) is 1. The lowest BCUT2D eigenvalue weighted by Crippen LogP contribution is -2.31. The van der Waals surface area contributed by atoms with Crippen molar-refractivity contribution < 1.29 is 5.11 Å². The van der Waals surface area contributed by atoms with Crippen LogP contribution in [-0.2, 0) is 6.54 Å². The van der Waals surface area contributed by atoms with E-state index in [4.69, 9.17) is 0 Å². The molecule has 1 aromatic rings. The molecule has 0 radical (unpaired) electrons. The van der Waals surface area contributed by atoms with E-state index in [1.165, 1.54) is 5.56 Å². The van der Waals surface area contributed by atoms with Gasteiger partial charge in [0.1, 0.15) is 0 Å². The predicted molar refractivity (Wildman–Crippen MR) is 68.2 cm³/mol. The SMILES string of the molecule is CCCC(C)C(O)CNCc1ccccc1. The van der Waals surface area contributed by atoms with Gasteiger partial charge in [0.2, 0.25) is 0 Å². The maximum atomic E-state index is 9.86. The summed E-state index contributed by atoms with van der Waals surface area (Å²) in [6, 6.07) is 10.3. The third kappa shape index (κ3) is 4.77. The number of rotatable bonds is 7. The van der Waals surface area contributed by atoms with Crippen molar-refractivity contribution in [3.05, 3.63) is 35.9 Å². The molecule has 1 aromatic carbocycles. The Kier molecular flexibility index (Phi) is 6.12.